The Hall–Kier alpha value is -3.46. The van der Waals surface area contributed by atoms with Gasteiger partial charge in [0.05, 0.1) is 12.6 Å². The van der Waals surface area contributed by atoms with Gasteiger partial charge in [-0.2, -0.15) is 0 Å². The predicted molar refractivity (Wildman–Crippen MR) is 112 cm³/mol. The Balaban J connectivity index is 2.01. The van der Waals surface area contributed by atoms with Crippen molar-refractivity contribution in [2.24, 2.45) is 0 Å². The molecule has 0 aliphatic heterocycles. The Kier molecular flexibility index (Phi) is 7.71. The van der Waals surface area contributed by atoms with Crippen LogP contribution in [-0.2, 0) is 9.53 Å². The second-order valence-corrected chi connectivity index (χ2v) is 7.97. The van der Waals surface area contributed by atoms with Crippen LogP contribution in [0.1, 0.15) is 44.0 Å². The van der Waals surface area contributed by atoms with Gasteiger partial charge >= 0.3 is 18.1 Å². The molecule has 2 rings (SSSR count). The van der Waals surface area contributed by atoms with Crippen molar-refractivity contribution >= 4 is 12.1 Å². The minimum Gasteiger partial charge on any atom is -0.444 e. The van der Waals surface area contributed by atoms with E-state index in [2.05, 4.69) is 0 Å². The van der Waals surface area contributed by atoms with Crippen LogP contribution < -0.4 is 4.74 Å². The molecule has 0 heterocycles. The van der Waals surface area contributed by atoms with E-state index in [0.29, 0.717) is 5.56 Å². The number of benzene rings is 2. The average molecular weight is 430 g/mol. The van der Waals surface area contributed by atoms with Gasteiger partial charge in [-0.1, -0.05) is 42.5 Å². The van der Waals surface area contributed by atoms with Crippen molar-refractivity contribution in [3.05, 3.63) is 75.8 Å². The van der Waals surface area contributed by atoms with E-state index in [4.69, 9.17) is 9.47 Å². The number of esters is 1. The summed E-state index contributed by atoms with van der Waals surface area (Å²) in [6.45, 7) is 5.23. The van der Waals surface area contributed by atoms with Gasteiger partial charge in [0.1, 0.15) is 11.4 Å². The molecule has 2 atom stereocenters. The SMILES string of the molecule is CN(CC(O)c1ccc(OC(=O)C(c2ccccc2)[N+](=O)[O-])cc1)C(=O)OC(C)(C)C. The number of amides is 1. The number of nitrogens with zero attached hydrogens (tertiary/aromatic N) is 2. The molecule has 9 nitrogen and oxygen atoms in total. The number of carbonyl (C=O) groups excluding carboxylic acids is 2. The largest absolute Gasteiger partial charge is 0.444 e. The van der Waals surface area contributed by atoms with Gasteiger partial charge in [-0.05, 0) is 38.5 Å². The molecule has 0 aliphatic rings. The van der Waals surface area contributed by atoms with Crippen LogP contribution >= 0.6 is 0 Å². The molecule has 0 spiro atoms. The first-order valence-electron chi connectivity index (χ1n) is 9.60. The molecule has 0 bridgehead atoms. The molecular weight excluding hydrogens is 404 g/mol. The summed E-state index contributed by atoms with van der Waals surface area (Å²) in [4.78, 5) is 36.3. The molecule has 2 aromatic rings. The second kappa shape index (κ2) is 10.0. The lowest BCUT2D eigenvalue weighted by Gasteiger charge is -2.26. The Labute approximate surface area is 180 Å². The number of ether oxygens (including phenoxy) is 2. The Bertz CT molecular complexity index is 908. The maximum atomic E-state index is 12.3. The zero-order chi connectivity index (χ0) is 23.2. The van der Waals surface area contributed by atoms with Gasteiger partial charge in [-0.15, -0.1) is 0 Å². The van der Waals surface area contributed by atoms with E-state index in [1.165, 1.54) is 48.3 Å². The molecule has 1 N–H and O–H groups in total. The van der Waals surface area contributed by atoms with Crippen LogP contribution in [0, 0.1) is 10.1 Å². The number of carbonyl (C=O) groups is 2. The third-order valence-electron chi connectivity index (χ3n) is 4.18. The highest BCUT2D eigenvalue weighted by Crippen LogP contribution is 2.23. The summed E-state index contributed by atoms with van der Waals surface area (Å²) in [6.07, 6.45) is -1.57. The van der Waals surface area contributed by atoms with Crippen molar-refractivity contribution in [2.75, 3.05) is 13.6 Å². The van der Waals surface area contributed by atoms with Gasteiger partial charge in [-0.25, -0.2) is 9.59 Å². The standard InChI is InChI=1S/C22H26N2O7/c1-22(2,3)31-21(27)23(4)14-18(25)15-10-12-17(13-11-15)30-20(26)19(24(28)29)16-8-6-5-7-9-16/h5-13,18-19,25H,14H2,1-4H3. The summed E-state index contributed by atoms with van der Waals surface area (Å²) in [5, 5.41) is 21.7. The normalized spacial score (nSPS) is 13.1. The first-order valence-corrected chi connectivity index (χ1v) is 9.60. The molecular formula is C22H26N2O7. The van der Waals surface area contributed by atoms with E-state index in [0.717, 1.165) is 0 Å². The van der Waals surface area contributed by atoms with E-state index in [1.54, 1.807) is 39.0 Å². The molecule has 1 amide bonds. The van der Waals surface area contributed by atoms with Crippen molar-refractivity contribution < 1.29 is 29.1 Å². The highest BCUT2D eigenvalue weighted by Gasteiger charge is 2.34. The zero-order valence-electron chi connectivity index (χ0n) is 17.8. The van der Waals surface area contributed by atoms with Gasteiger partial charge in [0.15, 0.2) is 0 Å². The summed E-state index contributed by atoms with van der Waals surface area (Å²) in [5.41, 5.74) is 0.0437. The predicted octanol–water partition coefficient (Wildman–Crippen LogP) is 3.51. The highest BCUT2D eigenvalue weighted by molar-refractivity contribution is 5.78. The third kappa shape index (κ3) is 7.07. The minimum atomic E-state index is -1.64. The summed E-state index contributed by atoms with van der Waals surface area (Å²) in [6, 6.07) is 12.1. The maximum Gasteiger partial charge on any atom is 0.410 e. The van der Waals surface area contributed by atoms with Gasteiger partial charge in [-0.3, -0.25) is 10.1 Å². The molecule has 0 aromatic heterocycles. The van der Waals surface area contributed by atoms with Gasteiger partial charge in [0.25, 0.3) is 0 Å². The Morgan fingerprint density at radius 3 is 2.16 bits per heavy atom. The number of aliphatic hydroxyl groups excluding tert-OH is 1. The quantitative estimate of drug-likeness (QED) is 0.309. The zero-order valence-corrected chi connectivity index (χ0v) is 17.8. The summed E-state index contributed by atoms with van der Waals surface area (Å²) < 4.78 is 10.4. The van der Waals surface area contributed by atoms with Crippen LogP contribution in [0.25, 0.3) is 0 Å². The van der Waals surface area contributed by atoms with Crippen molar-refractivity contribution in [3.63, 3.8) is 0 Å². The molecule has 0 aliphatic carbocycles. The van der Waals surface area contributed by atoms with Crippen LogP contribution in [0.4, 0.5) is 4.79 Å². The highest BCUT2D eigenvalue weighted by atomic mass is 16.6. The molecule has 0 saturated carbocycles. The van der Waals surface area contributed by atoms with Gasteiger partial charge in [0.2, 0.25) is 0 Å². The van der Waals surface area contributed by atoms with E-state index < -0.39 is 34.7 Å². The molecule has 31 heavy (non-hydrogen) atoms. The van der Waals surface area contributed by atoms with E-state index >= 15 is 0 Å². The Morgan fingerprint density at radius 1 is 1.06 bits per heavy atom. The number of hydrogen-bond acceptors (Lipinski definition) is 7. The Morgan fingerprint density at radius 2 is 1.65 bits per heavy atom. The van der Waals surface area contributed by atoms with E-state index in [9.17, 15) is 24.8 Å². The van der Waals surface area contributed by atoms with Crippen molar-refractivity contribution in [1.29, 1.82) is 0 Å². The molecule has 2 unspecified atom stereocenters. The molecule has 2 aromatic carbocycles. The number of nitro groups is 1. The summed E-state index contributed by atoms with van der Waals surface area (Å²) >= 11 is 0. The second-order valence-electron chi connectivity index (χ2n) is 7.97. The molecule has 0 saturated heterocycles. The fourth-order valence-corrected chi connectivity index (χ4v) is 2.69. The first-order chi connectivity index (χ1) is 14.5. The van der Waals surface area contributed by atoms with Crippen molar-refractivity contribution in [3.8, 4) is 5.75 Å². The fourth-order valence-electron chi connectivity index (χ4n) is 2.69. The fraction of sp³-hybridized carbons (Fsp3) is 0.364. The number of rotatable bonds is 7. The van der Waals surface area contributed by atoms with Crippen LogP contribution in [0.5, 0.6) is 5.75 Å². The van der Waals surface area contributed by atoms with Crippen LogP contribution in [0.2, 0.25) is 0 Å². The molecule has 9 heteroatoms. The lowest BCUT2D eigenvalue weighted by molar-refractivity contribution is -0.515. The molecule has 0 radical (unpaired) electrons. The molecule has 166 valence electrons. The number of hydrogen-bond donors (Lipinski definition) is 1. The van der Waals surface area contributed by atoms with Gasteiger partial charge in [0, 0.05) is 17.5 Å². The first kappa shape index (κ1) is 23.8. The van der Waals surface area contributed by atoms with E-state index in [1.807, 2.05) is 0 Å². The number of likely N-dealkylation sites (N-methyl/N-ethyl adjacent to an activating group) is 1. The smallest absolute Gasteiger partial charge is 0.410 e. The topological polar surface area (TPSA) is 119 Å². The lowest BCUT2D eigenvalue weighted by Crippen LogP contribution is -2.36. The van der Waals surface area contributed by atoms with Crippen LogP contribution in [0.15, 0.2) is 54.6 Å². The summed E-state index contributed by atoms with van der Waals surface area (Å²) in [7, 11) is 1.51. The monoisotopic (exact) mass is 430 g/mol. The van der Waals surface area contributed by atoms with Crippen molar-refractivity contribution in [2.45, 2.75) is 38.5 Å². The summed E-state index contributed by atoms with van der Waals surface area (Å²) in [5.74, 6) is -0.918. The van der Waals surface area contributed by atoms with Crippen molar-refractivity contribution in [1.82, 2.24) is 4.90 Å². The average Bonchev–Trinajstić information content (AvgIpc) is 2.67. The van der Waals surface area contributed by atoms with E-state index in [-0.39, 0.29) is 17.9 Å². The molecule has 0 fully saturated rings. The maximum absolute atomic E-state index is 12.3. The van der Waals surface area contributed by atoms with Gasteiger partial charge < -0.3 is 19.5 Å². The minimum absolute atomic E-state index is 0.00848. The van der Waals surface area contributed by atoms with Crippen LogP contribution in [0.3, 0.4) is 0 Å². The number of aliphatic hydroxyl groups is 1. The lowest BCUT2D eigenvalue weighted by atomic mass is 10.1. The van der Waals surface area contributed by atoms with Crippen LogP contribution in [-0.4, -0.2) is 46.2 Å². The third-order valence-corrected chi connectivity index (χ3v) is 4.18.